The predicted octanol–water partition coefficient (Wildman–Crippen LogP) is 1.97. The molecule has 0 aliphatic carbocycles. The molecule has 1 unspecified atom stereocenters. The lowest BCUT2D eigenvalue weighted by molar-refractivity contribution is -0.141. The molecule has 4 heteroatoms. The normalized spacial score (nSPS) is 24.2. The molecule has 1 saturated heterocycles. The van der Waals surface area contributed by atoms with Gasteiger partial charge in [0.1, 0.15) is 5.71 Å². The maximum atomic E-state index is 12.4. The van der Waals surface area contributed by atoms with Crippen molar-refractivity contribution in [3.05, 3.63) is 35.9 Å². The number of carbonyl (C=O) groups excluding carboxylic acids is 2. The van der Waals surface area contributed by atoms with Gasteiger partial charge in [0, 0.05) is 6.54 Å². The van der Waals surface area contributed by atoms with Gasteiger partial charge in [0.2, 0.25) is 5.91 Å². The van der Waals surface area contributed by atoms with Gasteiger partial charge in [-0.2, -0.15) is 0 Å². The Bertz CT molecular complexity index is 551. The maximum Gasteiger partial charge on any atom is 0.275 e. The zero-order valence-electron chi connectivity index (χ0n) is 10.9. The van der Waals surface area contributed by atoms with Gasteiger partial charge in [0.15, 0.2) is 0 Å². The van der Waals surface area contributed by atoms with Gasteiger partial charge < -0.3 is 0 Å². The number of hydrogen-bond acceptors (Lipinski definition) is 3. The van der Waals surface area contributed by atoms with Gasteiger partial charge >= 0.3 is 0 Å². The lowest BCUT2D eigenvalue weighted by Gasteiger charge is -2.22. The third-order valence-electron chi connectivity index (χ3n) is 3.91. The first-order valence-electron chi connectivity index (χ1n) is 6.67. The Morgan fingerprint density at radius 3 is 2.68 bits per heavy atom. The number of benzene rings is 1. The number of aliphatic imine (C=N–C) groups is 1. The number of likely N-dealkylation sites (tertiary alicyclic amines) is 1. The van der Waals surface area contributed by atoms with Crippen molar-refractivity contribution in [1.29, 1.82) is 0 Å². The summed E-state index contributed by atoms with van der Waals surface area (Å²) >= 11 is 0. The molecule has 2 aliphatic rings. The number of rotatable bonds is 2. The van der Waals surface area contributed by atoms with Crippen LogP contribution in [0.5, 0.6) is 0 Å². The van der Waals surface area contributed by atoms with Crippen molar-refractivity contribution < 1.29 is 9.59 Å². The van der Waals surface area contributed by atoms with Crippen LogP contribution < -0.4 is 0 Å². The molecule has 19 heavy (non-hydrogen) atoms. The van der Waals surface area contributed by atoms with Crippen molar-refractivity contribution in [3.8, 4) is 0 Å². The first kappa shape index (κ1) is 12.1. The van der Waals surface area contributed by atoms with Crippen molar-refractivity contribution in [2.24, 2.45) is 10.9 Å². The highest BCUT2D eigenvalue weighted by atomic mass is 16.2. The van der Waals surface area contributed by atoms with Gasteiger partial charge in [-0.25, -0.2) is 0 Å². The number of imide groups is 1. The number of amides is 2. The van der Waals surface area contributed by atoms with Crippen LogP contribution in [-0.4, -0.2) is 29.0 Å². The van der Waals surface area contributed by atoms with E-state index in [-0.39, 0.29) is 23.8 Å². The van der Waals surface area contributed by atoms with E-state index in [9.17, 15) is 9.59 Å². The average Bonchev–Trinajstić information content (AvgIpc) is 2.72. The second-order valence-corrected chi connectivity index (χ2v) is 5.06. The molecule has 98 valence electrons. The van der Waals surface area contributed by atoms with E-state index in [1.165, 1.54) is 4.90 Å². The van der Waals surface area contributed by atoms with Gasteiger partial charge in [-0.3, -0.25) is 19.5 Å². The van der Waals surface area contributed by atoms with Gasteiger partial charge in [-0.15, -0.1) is 0 Å². The standard InChI is InChI=1S/C15H16N2O2/c1-10(11-6-3-2-4-7-11)17-14(18)12-8-5-9-16-13(12)15(17)19/h2-4,6-7,10,12H,5,8-9H2,1H3/t10-,12?/m0/s1. The Morgan fingerprint density at radius 1 is 1.26 bits per heavy atom. The summed E-state index contributed by atoms with van der Waals surface area (Å²) in [6.07, 6.45) is 1.64. The fourth-order valence-corrected chi connectivity index (χ4v) is 2.84. The summed E-state index contributed by atoms with van der Waals surface area (Å²) in [6.45, 7) is 2.56. The van der Waals surface area contributed by atoms with E-state index < -0.39 is 0 Å². The second kappa shape index (κ2) is 4.61. The topological polar surface area (TPSA) is 49.7 Å². The fraction of sp³-hybridized carbons (Fsp3) is 0.400. The van der Waals surface area contributed by atoms with Crippen molar-refractivity contribution in [1.82, 2.24) is 4.90 Å². The molecule has 3 rings (SSSR count). The number of carbonyl (C=O) groups is 2. The lowest BCUT2D eigenvalue weighted by Crippen LogP contribution is -2.33. The lowest BCUT2D eigenvalue weighted by atomic mass is 9.97. The molecule has 4 nitrogen and oxygen atoms in total. The SMILES string of the molecule is C[C@@H](c1ccccc1)N1C(=O)C2=NCCCC2C1=O. The highest BCUT2D eigenvalue weighted by Gasteiger charge is 2.47. The summed E-state index contributed by atoms with van der Waals surface area (Å²) in [7, 11) is 0. The monoisotopic (exact) mass is 256 g/mol. The van der Waals surface area contributed by atoms with Crippen LogP contribution in [0.15, 0.2) is 35.3 Å². The zero-order valence-corrected chi connectivity index (χ0v) is 10.9. The highest BCUT2D eigenvalue weighted by Crippen LogP contribution is 2.32. The quantitative estimate of drug-likeness (QED) is 0.759. The van der Waals surface area contributed by atoms with E-state index in [4.69, 9.17) is 0 Å². The molecule has 1 aromatic carbocycles. The summed E-state index contributed by atoms with van der Waals surface area (Å²) in [5.41, 5.74) is 1.45. The molecule has 0 N–H and O–H groups in total. The summed E-state index contributed by atoms with van der Waals surface area (Å²) in [5, 5.41) is 0. The van der Waals surface area contributed by atoms with Gasteiger partial charge in [0.05, 0.1) is 12.0 Å². The van der Waals surface area contributed by atoms with Crippen molar-refractivity contribution >= 4 is 17.5 Å². The van der Waals surface area contributed by atoms with E-state index in [1.54, 1.807) is 0 Å². The van der Waals surface area contributed by atoms with Crippen LogP contribution in [0, 0.1) is 5.92 Å². The minimum atomic E-state index is -0.299. The van der Waals surface area contributed by atoms with E-state index in [0.29, 0.717) is 12.3 Å². The Kier molecular flexibility index (Phi) is 2.93. The summed E-state index contributed by atoms with van der Waals surface area (Å²) in [5.74, 6) is -0.585. The van der Waals surface area contributed by atoms with E-state index in [2.05, 4.69) is 4.99 Å². The molecule has 0 aromatic heterocycles. The minimum absolute atomic E-state index is 0.0835. The van der Waals surface area contributed by atoms with Crippen LogP contribution in [0.2, 0.25) is 0 Å². The highest BCUT2D eigenvalue weighted by molar-refractivity contribution is 6.50. The third-order valence-corrected chi connectivity index (χ3v) is 3.91. The number of hydrogen-bond donors (Lipinski definition) is 0. The second-order valence-electron chi connectivity index (χ2n) is 5.06. The largest absolute Gasteiger partial charge is 0.283 e. The van der Waals surface area contributed by atoms with Gasteiger partial charge in [-0.05, 0) is 25.3 Å². The average molecular weight is 256 g/mol. The van der Waals surface area contributed by atoms with Crippen LogP contribution in [0.25, 0.3) is 0 Å². The smallest absolute Gasteiger partial charge is 0.275 e. The van der Waals surface area contributed by atoms with Crippen LogP contribution >= 0.6 is 0 Å². The van der Waals surface area contributed by atoms with Crippen molar-refractivity contribution in [3.63, 3.8) is 0 Å². The van der Waals surface area contributed by atoms with Crippen LogP contribution in [0.1, 0.15) is 31.4 Å². The fourth-order valence-electron chi connectivity index (χ4n) is 2.84. The molecule has 0 bridgehead atoms. The van der Waals surface area contributed by atoms with Crippen molar-refractivity contribution in [2.45, 2.75) is 25.8 Å². The zero-order chi connectivity index (χ0) is 13.4. The first-order valence-corrected chi connectivity index (χ1v) is 6.67. The first-order chi connectivity index (χ1) is 9.20. The molecule has 0 saturated carbocycles. The van der Waals surface area contributed by atoms with E-state index in [1.807, 2.05) is 37.3 Å². The Labute approximate surface area is 112 Å². The predicted molar refractivity (Wildman–Crippen MR) is 71.7 cm³/mol. The van der Waals surface area contributed by atoms with Gasteiger partial charge in [0.25, 0.3) is 5.91 Å². The molecule has 0 radical (unpaired) electrons. The Hall–Kier alpha value is -1.97. The molecule has 2 aliphatic heterocycles. The molecule has 1 aromatic rings. The molecular weight excluding hydrogens is 240 g/mol. The van der Waals surface area contributed by atoms with Crippen LogP contribution in [0.4, 0.5) is 0 Å². The number of fused-ring (bicyclic) bond motifs is 1. The summed E-state index contributed by atoms with van der Waals surface area (Å²) < 4.78 is 0. The van der Waals surface area contributed by atoms with E-state index in [0.717, 1.165) is 18.4 Å². The minimum Gasteiger partial charge on any atom is -0.283 e. The van der Waals surface area contributed by atoms with Crippen molar-refractivity contribution in [2.75, 3.05) is 6.54 Å². The van der Waals surface area contributed by atoms with E-state index >= 15 is 0 Å². The van der Waals surface area contributed by atoms with Gasteiger partial charge in [-0.1, -0.05) is 30.3 Å². The maximum absolute atomic E-state index is 12.4. The molecule has 2 amide bonds. The van der Waals surface area contributed by atoms with Crippen LogP contribution in [0.3, 0.4) is 0 Å². The Morgan fingerprint density at radius 2 is 2.00 bits per heavy atom. The third kappa shape index (κ3) is 1.87. The number of nitrogens with zero attached hydrogens (tertiary/aromatic N) is 2. The Balaban J connectivity index is 1.94. The van der Waals surface area contributed by atoms with Crippen LogP contribution in [-0.2, 0) is 9.59 Å². The summed E-state index contributed by atoms with van der Waals surface area (Å²) in [6, 6.07) is 9.41. The molecule has 0 spiro atoms. The molecule has 1 fully saturated rings. The summed E-state index contributed by atoms with van der Waals surface area (Å²) in [4.78, 5) is 30.4. The molecule has 2 heterocycles. The molecule has 2 atom stereocenters. The molecular formula is C15H16N2O2.